The summed E-state index contributed by atoms with van der Waals surface area (Å²) in [7, 11) is -3.12. The number of hydrogen-bond acceptors (Lipinski definition) is 3. The SMILES string of the molecule is CS(=O)(=O)N1CC2CC(CC(C(=O)O)C2)C1. The number of carboxylic acid groups (broad SMARTS) is 1. The highest BCUT2D eigenvalue weighted by Crippen LogP contribution is 2.38. The molecular weight excluding hydrogens is 230 g/mol. The smallest absolute Gasteiger partial charge is 0.306 e. The van der Waals surface area contributed by atoms with E-state index in [4.69, 9.17) is 5.11 Å². The van der Waals surface area contributed by atoms with Gasteiger partial charge in [0.2, 0.25) is 10.0 Å². The maximum Gasteiger partial charge on any atom is 0.306 e. The molecule has 2 bridgehead atoms. The molecule has 16 heavy (non-hydrogen) atoms. The Bertz CT molecular complexity index is 378. The second kappa shape index (κ2) is 4.00. The summed E-state index contributed by atoms with van der Waals surface area (Å²) < 4.78 is 24.4. The molecule has 0 amide bonds. The number of rotatable bonds is 2. The summed E-state index contributed by atoms with van der Waals surface area (Å²) in [4.78, 5) is 10.9. The first-order valence-electron chi connectivity index (χ1n) is 5.54. The summed E-state index contributed by atoms with van der Waals surface area (Å²) in [5.41, 5.74) is 0. The Balaban J connectivity index is 2.08. The van der Waals surface area contributed by atoms with Gasteiger partial charge in [0.05, 0.1) is 12.2 Å². The molecule has 0 spiro atoms. The van der Waals surface area contributed by atoms with Gasteiger partial charge in [-0.1, -0.05) is 0 Å². The van der Waals surface area contributed by atoms with Crippen LogP contribution in [0.15, 0.2) is 0 Å². The molecule has 0 aromatic heterocycles. The molecule has 2 fully saturated rings. The van der Waals surface area contributed by atoms with Crippen LogP contribution >= 0.6 is 0 Å². The molecule has 1 aliphatic carbocycles. The van der Waals surface area contributed by atoms with Crippen molar-refractivity contribution in [1.82, 2.24) is 4.31 Å². The third kappa shape index (κ3) is 2.38. The van der Waals surface area contributed by atoms with Crippen LogP contribution in [0.4, 0.5) is 0 Å². The summed E-state index contributed by atoms with van der Waals surface area (Å²) in [6.07, 6.45) is 3.45. The quantitative estimate of drug-likeness (QED) is 0.765. The van der Waals surface area contributed by atoms with Gasteiger partial charge in [0.15, 0.2) is 0 Å². The lowest BCUT2D eigenvalue weighted by atomic mass is 9.73. The zero-order valence-electron chi connectivity index (χ0n) is 9.30. The number of piperidine rings is 1. The van der Waals surface area contributed by atoms with Crippen molar-refractivity contribution in [2.45, 2.75) is 19.3 Å². The van der Waals surface area contributed by atoms with Gasteiger partial charge in [-0.15, -0.1) is 0 Å². The highest BCUT2D eigenvalue weighted by Gasteiger charge is 2.39. The van der Waals surface area contributed by atoms with E-state index in [9.17, 15) is 13.2 Å². The van der Waals surface area contributed by atoms with Crippen molar-refractivity contribution >= 4 is 16.0 Å². The summed E-state index contributed by atoms with van der Waals surface area (Å²) in [6, 6.07) is 0. The van der Waals surface area contributed by atoms with Gasteiger partial charge < -0.3 is 5.11 Å². The average molecular weight is 247 g/mol. The zero-order valence-corrected chi connectivity index (χ0v) is 10.1. The average Bonchev–Trinajstić information content (AvgIpc) is 2.14. The largest absolute Gasteiger partial charge is 0.481 e. The van der Waals surface area contributed by atoms with Gasteiger partial charge in [-0.2, -0.15) is 0 Å². The summed E-state index contributed by atoms with van der Waals surface area (Å²) >= 11 is 0. The minimum absolute atomic E-state index is 0.225. The molecule has 2 rings (SSSR count). The molecule has 92 valence electrons. The molecule has 0 aromatic rings. The van der Waals surface area contributed by atoms with Crippen molar-refractivity contribution in [3.8, 4) is 0 Å². The van der Waals surface area contributed by atoms with Crippen LogP contribution in [0.2, 0.25) is 0 Å². The topological polar surface area (TPSA) is 74.7 Å². The number of aliphatic carboxylic acids is 1. The van der Waals surface area contributed by atoms with Crippen LogP contribution in [0.5, 0.6) is 0 Å². The van der Waals surface area contributed by atoms with Crippen LogP contribution in [-0.4, -0.2) is 43.1 Å². The highest BCUT2D eigenvalue weighted by atomic mass is 32.2. The fourth-order valence-corrected chi connectivity index (χ4v) is 3.95. The number of carbonyl (C=O) groups is 1. The number of hydrogen-bond donors (Lipinski definition) is 1. The lowest BCUT2D eigenvalue weighted by Gasteiger charge is -2.42. The lowest BCUT2D eigenvalue weighted by Crippen LogP contribution is -2.47. The Kier molecular flexibility index (Phi) is 2.96. The van der Waals surface area contributed by atoms with E-state index in [1.807, 2.05) is 0 Å². The van der Waals surface area contributed by atoms with Crippen LogP contribution in [0.1, 0.15) is 19.3 Å². The second-order valence-corrected chi connectivity index (χ2v) is 7.04. The molecule has 2 atom stereocenters. The Hall–Kier alpha value is -0.620. The van der Waals surface area contributed by atoms with Crippen LogP contribution in [0, 0.1) is 17.8 Å². The molecule has 1 heterocycles. The first kappa shape index (κ1) is 11.9. The minimum atomic E-state index is -3.12. The minimum Gasteiger partial charge on any atom is -0.481 e. The number of fused-ring (bicyclic) bond motifs is 2. The zero-order chi connectivity index (χ0) is 11.9. The monoisotopic (exact) mass is 247 g/mol. The Labute approximate surface area is 95.5 Å². The molecule has 2 aliphatic rings. The molecule has 0 aromatic carbocycles. The van der Waals surface area contributed by atoms with Gasteiger partial charge in [-0.05, 0) is 31.1 Å². The van der Waals surface area contributed by atoms with E-state index in [0.717, 1.165) is 6.42 Å². The molecule has 2 unspecified atom stereocenters. The Morgan fingerprint density at radius 2 is 1.69 bits per heavy atom. The van der Waals surface area contributed by atoms with Gasteiger partial charge in [-0.3, -0.25) is 4.79 Å². The number of carboxylic acids is 1. The predicted octanol–water partition coefficient (Wildman–Crippen LogP) is 0.379. The molecule has 5 nitrogen and oxygen atoms in total. The van der Waals surface area contributed by atoms with E-state index in [1.165, 1.54) is 10.6 Å². The molecule has 1 saturated carbocycles. The van der Waals surface area contributed by atoms with Crippen molar-refractivity contribution in [1.29, 1.82) is 0 Å². The predicted molar refractivity (Wildman–Crippen MR) is 58.4 cm³/mol. The maximum absolute atomic E-state index is 11.4. The molecule has 1 saturated heterocycles. The summed E-state index contributed by atoms with van der Waals surface area (Å²) in [5.74, 6) is -0.556. The van der Waals surface area contributed by atoms with Crippen molar-refractivity contribution in [3.05, 3.63) is 0 Å². The van der Waals surface area contributed by atoms with Crippen LogP contribution in [0.25, 0.3) is 0 Å². The fourth-order valence-electron chi connectivity index (χ4n) is 2.99. The van der Waals surface area contributed by atoms with E-state index >= 15 is 0 Å². The van der Waals surface area contributed by atoms with Crippen LogP contribution in [-0.2, 0) is 14.8 Å². The number of sulfonamides is 1. The van der Waals surface area contributed by atoms with Crippen LogP contribution in [0.3, 0.4) is 0 Å². The van der Waals surface area contributed by atoms with Crippen molar-refractivity contribution in [3.63, 3.8) is 0 Å². The Morgan fingerprint density at radius 1 is 1.19 bits per heavy atom. The van der Waals surface area contributed by atoms with Gasteiger partial charge in [0.1, 0.15) is 0 Å². The van der Waals surface area contributed by atoms with Crippen molar-refractivity contribution < 1.29 is 18.3 Å². The Morgan fingerprint density at radius 3 is 2.06 bits per heavy atom. The standard InChI is InChI=1S/C10H17NO4S/c1-16(14,15)11-5-7-2-8(6-11)4-9(3-7)10(12)13/h7-9H,2-6H2,1H3,(H,12,13). The van der Waals surface area contributed by atoms with E-state index < -0.39 is 16.0 Å². The molecule has 1 aliphatic heterocycles. The van der Waals surface area contributed by atoms with Gasteiger partial charge >= 0.3 is 5.97 Å². The van der Waals surface area contributed by atoms with Crippen molar-refractivity contribution in [2.24, 2.45) is 17.8 Å². The highest BCUT2D eigenvalue weighted by molar-refractivity contribution is 7.88. The fraction of sp³-hybridized carbons (Fsp3) is 0.900. The summed E-state index contributed by atoms with van der Waals surface area (Å²) in [5, 5.41) is 8.99. The van der Waals surface area contributed by atoms with E-state index in [1.54, 1.807) is 0 Å². The van der Waals surface area contributed by atoms with Crippen molar-refractivity contribution in [2.75, 3.05) is 19.3 Å². The molecule has 0 radical (unpaired) electrons. The van der Waals surface area contributed by atoms with Crippen LogP contribution < -0.4 is 0 Å². The first-order chi connectivity index (χ1) is 7.36. The van der Waals surface area contributed by atoms with Gasteiger partial charge in [0.25, 0.3) is 0 Å². The van der Waals surface area contributed by atoms with E-state index in [-0.39, 0.29) is 17.8 Å². The lowest BCUT2D eigenvalue weighted by molar-refractivity contribution is -0.144. The molecule has 6 heteroatoms. The van der Waals surface area contributed by atoms with E-state index in [0.29, 0.717) is 25.9 Å². The summed E-state index contributed by atoms with van der Waals surface area (Å²) in [6.45, 7) is 0.998. The number of nitrogens with zero attached hydrogens (tertiary/aromatic N) is 1. The molecular formula is C10H17NO4S. The van der Waals surface area contributed by atoms with Gasteiger partial charge in [-0.25, -0.2) is 12.7 Å². The normalized spacial score (nSPS) is 35.9. The first-order valence-corrected chi connectivity index (χ1v) is 7.39. The second-order valence-electron chi connectivity index (χ2n) is 5.05. The molecule has 1 N–H and O–H groups in total. The third-order valence-corrected chi connectivity index (χ3v) is 4.88. The van der Waals surface area contributed by atoms with E-state index in [2.05, 4.69) is 0 Å². The van der Waals surface area contributed by atoms with Gasteiger partial charge in [0, 0.05) is 13.1 Å². The third-order valence-electron chi connectivity index (χ3n) is 3.64. The maximum atomic E-state index is 11.4.